The highest BCUT2D eigenvalue weighted by molar-refractivity contribution is 5.90. The first-order valence-electron chi connectivity index (χ1n) is 5.00. The summed E-state index contributed by atoms with van der Waals surface area (Å²) in [5.41, 5.74) is 1.83. The summed E-state index contributed by atoms with van der Waals surface area (Å²) in [6, 6.07) is 5.77. The lowest BCUT2D eigenvalue weighted by Gasteiger charge is -2.15. The monoisotopic (exact) mass is 207 g/mol. The molecule has 1 aromatic carbocycles. The highest BCUT2D eigenvalue weighted by atomic mass is 16.5. The van der Waals surface area contributed by atoms with Gasteiger partial charge in [0.05, 0.1) is 12.8 Å². The Morgan fingerprint density at radius 2 is 2.07 bits per heavy atom. The number of para-hydroxylation sites is 1. The maximum atomic E-state index is 11.0. The summed E-state index contributed by atoms with van der Waals surface area (Å²) >= 11 is 0. The lowest BCUT2D eigenvalue weighted by atomic mass is 10.0. The average Bonchev–Trinajstić information content (AvgIpc) is 2.16. The molecular weight excluding hydrogens is 190 g/mol. The molecule has 0 aromatic heterocycles. The smallest absolute Gasteiger partial charge is 0.221 e. The lowest BCUT2D eigenvalue weighted by molar-refractivity contribution is -0.114. The number of rotatable bonds is 3. The van der Waals surface area contributed by atoms with Crippen LogP contribution in [0.1, 0.15) is 32.3 Å². The fourth-order valence-electron chi connectivity index (χ4n) is 1.53. The van der Waals surface area contributed by atoms with E-state index < -0.39 is 0 Å². The molecule has 1 aromatic rings. The van der Waals surface area contributed by atoms with Gasteiger partial charge in [-0.1, -0.05) is 26.0 Å². The molecule has 0 aliphatic rings. The molecule has 0 saturated carbocycles. The van der Waals surface area contributed by atoms with Crippen molar-refractivity contribution >= 4 is 11.6 Å². The fraction of sp³-hybridized carbons (Fsp3) is 0.417. The van der Waals surface area contributed by atoms with Crippen molar-refractivity contribution in [1.82, 2.24) is 0 Å². The van der Waals surface area contributed by atoms with Gasteiger partial charge < -0.3 is 10.1 Å². The van der Waals surface area contributed by atoms with Crippen LogP contribution in [-0.2, 0) is 4.79 Å². The van der Waals surface area contributed by atoms with Crippen LogP contribution in [0, 0.1) is 0 Å². The van der Waals surface area contributed by atoms with Crippen molar-refractivity contribution in [3.05, 3.63) is 23.8 Å². The third-order valence-corrected chi connectivity index (χ3v) is 2.18. The molecule has 0 bridgehead atoms. The molecule has 15 heavy (non-hydrogen) atoms. The van der Waals surface area contributed by atoms with Crippen LogP contribution >= 0.6 is 0 Å². The van der Waals surface area contributed by atoms with Gasteiger partial charge in [0, 0.05) is 6.92 Å². The third kappa shape index (κ3) is 2.72. The molecule has 0 spiro atoms. The Labute approximate surface area is 90.4 Å². The molecule has 82 valence electrons. The van der Waals surface area contributed by atoms with Gasteiger partial charge in [0.15, 0.2) is 0 Å². The fourth-order valence-corrected chi connectivity index (χ4v) is 1.53. The summed E-state index contributed by atoms with van der Waals surface area (Å²) in [6.07, 6.45) is 0. The van der Waals surface area contributed by atoms with E-state index in [9.17, 15) is 4.79 Å². The summed E-state index contributed by atoms with van der Waals surface area (Å²) in [6.45, 7) is 5.67. The number of anilines is 1. The Bertz CT molecular complexity index is 359. The normalized spacial score (nSPS) is 10.2. The second-order valence-electron chi connectivity index (χ2n) is 3.76. The van der Waals surface area contributed by atoms with E-state index >= 15 is 0 Å². The molecule has 0 saturated heterocycles. The zero-order valence-corrected chi connectivity index (χ0v) is 9.63. The number of benzene rings is 1. The topological polar surface area (TPSA) is 38.3 Å². The van der Waals surface area contributed by atoms with Crippen molar-refractivity contribution < 1.29 is 9.53 Å². The largest absolute Gasteiger partial charge is 0.494 e. The van der Waals surface area contributed by atoms with E-state index in [0.29, 0.717) is 5.92 Å². The molecule has 3 heteroatoms. The first-order chi connectivity index (χ1) is 7.06. The second kappa shape index (κ2) is 4.82. The number of carbonyl (C=O) groups is 1. The number of amides is 1. The minimum absolute atomic E-state index is 0.0887. The molecule has 3 nitrogen and oxygen atoms in total. The average molecular weight is 207 g/mol. The Morgan fingerprint density at radius 3 is 2.53 bits per heavy atom. The molecule has 0 aliphatic carbocycles. The minimum Gasteiger partial charge on any atom is -0.494 e. The molecule has 1 N–H and O–H groups in total. The van der Waals surface area contributed by atoms with Crippen molar-refractivity contribution in [2.45, 2.75) is 26.7 Å². The first kappa shape index (κ1) is 11.6. The Balaban J connectivity index is 3.15. The third-order valence-electron chi connectivity index (χ3n) is 2.18. The SMILES string of the molecule is COc1c(NC(C)=O)cccc1C(C)C. The van der Waals surface area contributed by atoms with E-state index in [4.69, 9.17) is 4.74 Å². The minimum atomic E-state index is -0.0887. The molecule has 0 radical (unpaired) electrons. The molecule has 1 amide bonds. The number of hydrogen-bond acceptors (Lipinski definition) is 2. The number of carbonyl (C=O) groups excluding carboxylic acids is 1. The van der Waals surface area contributed by atoms with Crippen LogP contribution < -0.4 is 10.1 Å². The van der Waals surface area contributed by atoms with Crippen LogP contribution in [0.2, 0.25) is 0 Å². The van der Waals surface area contributed by atoms with Crippen LogP contribution in [0.3, 0.4) is 0 Å². The van der Waals surface area contributed by atoms with Crippen molar-refractivity contribution in [1.29, 1.82) is 0 Å². The molecule has 1 rings (SSSR count). The van der Waals surface area contributed by atoms with Crippen LogP contribution in [0.5, 0.6) is 5.75 Å². The van der Waals surface area contributed by atoms with Crippen molar-refractivity contribution in [2.75, 3.05) is 12.4 Å². The van der Waals surface area contributed by atoms with Gasteiger partial charge in [-0.15, -0.1) is 0 Å². The second-order valence-corrected chi connectivity index (χ2v) is 3.76. The molecule has 0 unspecified atom stereocenters. The van der Waals surface area contributed by atoms with Crippen LogP contribution in [-0.4, -0.2) is 13.0 Å². The summed E-state index contributed by atoms with van der Waals surface area (Å²) < 4.78 is 5.32. The molecule has 0 fully saturated rings. The number of hydrogen-bond donors (Lipinski definition) is 1. The van der Waals surface area contributed by atoms with Gasteiger partial charge in [-0.25, -0.2) is 0 Å². The van der Waals surface area contributed by atoms with E-state index in [-0.39, 0.29) is 5.91 Å². The summed E-state index contributed by atoms with van der Waals surface area (Å²) in [4.78, 5) is 11.0. The Kier molecular flexibility index (Phi) is 3.72. The van der Waals surface area contributed by atoms with Crippen LogP contribution in [0.25, 0.3) is 0 Å². The highest BCUT2D eigenvalue weighted by Crippen LogP contribution is 2.33. The van der Waals surface area contributed by atoms with Gasteiger partial charge in [0.1, 0.15) is 5.75 Å². The van der Waals surface area contributed by atoms with Gasteiger partial charge in [-0.2, -0.15) is 0 Å². The Morgan fingerprint density at radius 1 is 1.40 bits per heavy atom. The van der Waals surface area contributed by atoms with Crippen LogP contribution in [0.15, 0.2) is 18.2 Å². The molecular formula is C12H17NO2. The van der Waals surface area contributed by atoms with E-state index in [1.165, 1.54) is 6.92 Å². The van der Waals surface area contributed by atoms with Gasteiger partial charge in [-0.3, -0.25) is 4.79 Å². The highest BCUT2D eigenvalue weighted by Gasteiger charge is 2.11. The zero-order chi connectivity index (χ0) is 11.4. The Hall–Kier alpha value is -1.51. The van der Waals surface area contributed by atoms with E-state index in [0.717, 1.165) is 17.0 Å². The maximum absolute atomic E-state index is 11.0. The molecule has 0 atom stereocenters. The quantitative estimate of drug-likeness (QED) is 0.827. The summed E-state index contributed by atoms with van der Waals surface area (Å²) in [5, 5.41) is 2.76. The van der Waals surface area contributed by atoms with Gasteiger partial charge >= 0.3 is 0 Å². The van der Waals surface area contributed by atoms with E-state index in [1.54, 1.807) is 7.11 Å². The predicted molar refractivity (Wildman–Crippen MR) is 61.4 cm³/mol. The molecule has 0 aliphatic heterocycles. The number of nitrogens with one attached hydrogen (secondary N) is 1. The predicted octanol–water partition coefficient (Wildman–Crippen LogP) is 2.78. The van der Waals surface area contributed by atoms with E-state index in [1.807, 2.05) is 18.2 Å². The summed E-state index contributed by atoms with van der Waals surface area (Å²) in [7, 11) is 1.62. The maximum Gasteiger partial charge on any atom is 0.221 e. The van der Waals surface area contributed by atoms with E-state index in [2.05, 4.69) is 19.2 Å². The van der Waals surface area contributed by atoms with Crippen LogP contribution in [0.4, 0.5) is 5.69 Å². The van der Waals surface area contributed by atoms with Gasteiger partial charge in [-0.05, 0) is 17.5 Å². The zero-order valence-electron chi connectivity index (χ0n) is 9.63. The number of ether oxygens (including phenoxy) is 1. The van der Waals surface area contributed by atoms with Gasteiger partial charge in [0.25, 0.3) is 0 Å². The van der Waals surface area contributed by atoms with Crippen molar-refractivity contribution in [3.8, 4) is 5.75 Å². The van der Waals surface area contributed by atoms with Crippen molar-refractivity contribution in [3.63, 3.8) is 0 Å². The first-order valence-corrected chi connectivity index (χ1v) is 5.00. The van der Waals surface area contributed by atoms with Gasteiger partial charge in [0.2, 0.25) is 5.91 Å². The lowest BCUT2D eigenvalue weighted by Crippen LogP contribution is -2.08. The van der Waals surface area contributed by atoms with Crippen molar-refractivity contribution in [2.24, 2.45) is 0 Å². The summed E-state index contributed by atoms with van der Waals surface area (Å²) in [5.74, 6) is 1.03. The standard InChI is InChI=1S/C12H17NO2/c1-8(2)10-6-5-7-11(12(10)15-4)13-9(3)14/h5-8H,1-4H3,(H,13,14). The number of methoxy groups -OCH3 is 1. The molecule has 0 heterocycles.